The Kier molecular flexibility index (Phi) is 4.14. The first kappa shape index (κ1) is 11.2. The molecule has 1 saturated heterocycles. The van der Waals surface area contributed by atoms with E-state index in [1.807, 2.05) is 20.0 Å². The maximum atomic E-state index is 5.66. The van der Waals surface area contributed by atoms with E-state index in [-0.39, 0.29) is 0 Å². The molecule has 0 aromatic carbocycles. The van der Waals surface area contributed by atoms with Crippen molar-refractivity contribution in [1.29, 1.82) is 0 Å². The van der Waals surface area contributed by atoms with Gasteiger partial charge in [-0.15, -0.1) is 0 Å². The third kappa shape index (κ3) is 3.14. The molecule has 3 nitrogen and oxygen atoms in total. The number of hydrogen-bond donors (Lipinski definition) is 2. The van der Waals surface area contributed by atoms with Crippen LogP contribution in [0.3, 0.4) is 0 Å². The highest BCUT2D eigenvalue weighted by Gasteiger charge is 2.20. The fourth-order valence-electron chi connectivity index (χ4n) is 1.81. The average molecular weight is 195 g/mol. The number of nitrogens with zero attached hydrogens (tertiary/aromatic N) is 1. The molecule has 2 atom stereocenters. The van der Waals surface area contributed by atoms with Gasteiger partial charge in [0.05, 0.1) is 5.71 Å². The van der Waals surface area contributed by atoms with Crippen molar-refractivity contribution in [2.24, 2.45) is 16.6 Å². The smallest absolute Gasteiger partial charge is 0.0531 e. The van der Waals surface area contributed by atoms with Crippen LogP contribution in [0, 0.1) is 5.92 Å². The highest BCUT2D eigenvalue weighted by molar-refractivity contribution is 5.99. The van der Waals surface area contributed by atoms with Gasteiger partial charge in [-0.1, -0.05) is 6.92 Å². The van der Waals surface area contributed by atoms with Crippen LogP contribution >= 0.6 is 0 Å². The lowest BCUT2D eigenvalue weighted by molar-refractivity contribution is 0.374. The first-order chi connectivity index (χ1) is 6.63. The third-order valence-electron chi connectivity index (χ3n) is 2.65. The van der Waals surface area contributed by atoms with Crippen molar-refractivity contribution in [1.82, 2.24) is 5.32 Å². The second-order valence-corrected chi connectivity index (χ2v) is 4.18. The molecule has 0 unspecified atom stereocenters. The SMILES string of the molecule is CN=C(C=C(C)N)[C@H]1CC[C@H](C)CN1. The zero-order valence-electron chi connectivity index (χ0n) is 9.38. The Morgan fingerprint density at radius 3 is 2.64 bits per heavy atom. The maximum absolute atomic E-state index is 5.66. The molecule has 80 valence electrons. The predicted molar refractivity (Wildman–Crippen MR) is 61.5 cm³/mol. The van der Waals surface area contributed by atoms with Crippen LogP contribution in [0.5, 0.6) is 0 Å². The molecule has 0 bridgehead atoms. The second-order valence-electron chi connectivity index (χ2n) is 4.18. The van der Waals surface area contributed by atoms with E-state index in [2.05, 4.69) is 17.2 Å². The lowest BCUT2D eigenvalue weighted by Crippen LogP contribution is -2.43. The van der Waals surface area contributed by atoms with Gasteiger partial charge in [0.1, 0.15) is 0 Å². The van der Waals surface area contributed by atoms with E-state index in [9.17, 15) is 0 Å². The van der Waals surface area contributed by atoms with Gasteiger partial charge in [0.25, 0.3) is 0 Å². The molecule has 0 aliphatic carbocycles. The molecule has 1 aliphatic rings. The molecule has 1 aliphatic heterocycles. The summed E-state index contributed by atoms with van der Waals surface area (Å²) >= 11 is 0. The molecular formula is C11H21N3. The number of rotatable bonds is 2. The summed E-state index contributed by atoms with van der Waals surface area (Å²) in [6.07, 6.45) is 4.40. The van der Waals surface area contributed by atoms with Crippen LogP contribution in [-0.2, 0) is 0 Å². The molecule has 1 heterocycles. The Balaban J connectivity index is 2.59. The molecule has 0 amide bonds. The van der Waals surface area contributed by atoms with Crippen LogP contribution in [0.15, 0.2) is 16.8 Å². The fourth-order valence-corrected chi connectivity index (χ4v) is 1.81. The maximum Gasteiger partial charge on any atom is 0.0531 e. The average Bonchev–Trinajstić information content (AvgIpc) is 2.15. The van der Waals surface area contributed by atoms with Crippen molar-refractivity contribution >= 4 is 5.71 Å². The van der Waals surface area contributed by atoms with Crippen molar-refractivity contribution in [2.45, 2.75) is 32.7 Å². The van der Waals surface area contributed by atoms with E-state index in [0.29, 0.717) is 6.04 Å². The minimum Gasteiger partial charge on any atom is -0.402 e. The summed E-state index contributed by atoms with van der Waals surface area (Å²) in [5.74, 6) is 0.785. The van der Waals surface area contributed by atoms with Crippen LogP contribution in [-0.4, -0.2) is 25.3 Å². The number of piperidine rings is 1. The molecule has 0 spiro atoms. The van der Waals surface area contributed by atoms with Gasteiger partial charge >= 0.3 is 0 Å². The van der Waals surface area contributed by atoms with Crippen LogP contribution in [0.4, 0.5) is 0 Å². The van der Waals surface area contributed by atoms with Crippen molar-refractivity contribution in [3.05, 3.63) is 11.8 Å². The van der Waals surface area contributed by atoms with Gasteiger partial charge < -0.3 is 11.1 Å². The Labute approximate surface area is 86.5 Å². The molecular weight excluding hydrogens is 174 g/mol. The van der Waals surface area contributed by atoms with Gasteiger partial charge in [-0.2, -0.15) is 0 Å². The van der Waals surface area contributed by atoms with Crippen LogP contribution in [0.2, 0.25) is 0 Å². The topological polar surface area (TPSA) is 50.4 Å². The molecule has 3 heteroatoms. The van der Waals surface area contributed by atoms with Crippen LogP contribution < -0.4 is 11.1 Å². The highest BCUT2D eigenvalue weighted by atomic mass is 15.0. The van der Waals surface area contributed by atoms with E-state index in [0.717, 1.165) is 30.3 Å². The second kappa shape index (κ2) is 5.15. The first-order valence-corrected chi connectivity index (χ1v) is 5.27. The summed E-state index contributed by atoms with van der Waals surface area (Å²) in [6.45, 7) is 5.26. The van der Waals surface area contributed by atoms with Gasteiger partial charge in [-0.05, 0) is 38.3 Å². The standard InChI is InChI=1S/C11H21N3/c1-8-4-5-10(14-7-8)11(13-3)6-9(2)12/h6,8,10,14H,4-5,7,12H2,1-3H3/t8-,10+/m0/s1. The van der Waals surface area contributed by atoms with Gasteiger partial charge in [0, 0.05) is 18.8 Å². The molecule has 1 rings (SSSR count). The van der Waals surface area contributed by atoms with Crippen LogP contribution in [0.1, 0.15) is 26.7 Å². The van der Waals surface area contributed by atoms with Gasteiger partial charge in [-0.25, -0.2) is 0 Å². The van der Waals surface area contributed by atoms with Crippen LogP contribution in [0.25, 0.3) is 0 Å². The minimum atomic E-state index is 0.398. The fraction of sp³-hybridized carbons (Fsp3) is 0.727. The molecule has 0 aromatic heterocycles. The minimum absolute atomic E-state index is 0.398. The lowest BCUT2D eigenvalue weighted by Gasteiger charge is -2.27. The number of nitrogens with two attached hydrogens (primary N) is 1. The Hall–Kier alpha value is -0.830. The molecule has 0 aromatic rings. The first-order valence-electron chi connectivity index (χ1n) is 5.27. The number of allylic oxidation sites excluding steroid dienone is 1. The summed E-state index contributed by atoms with van der Waals surface area (Å²) in [5, 5.41) is 3.49. The summed E-state index contributed by atoms with van der Waals surface area (Å²) in [5.41, 5.74) is 7.56. The number of aliphatic imine (C=N–C) groups is 1. The van der Waals surface area contributed by atoms with Gasteiger partial charge in [-0.3, -0.25) is 4.99 Å². The number of hydrogen-bond acceptors (Lipinski definition) is 3. The largest absolute Gasteiger partial charge is 0.402 e. The third-order valence-corrected chi connectivity index (χ3v) is 2.65. The van der Waals surface area contributed by atoms with E-state index < -0.39 is 0 Å². The molecule has 3 N–H and O–H groups in total. The van der Waals surface area contributed by atoms with E-state index in [4.69, 9.17) is 5.73 Å². The van der Waals surface area contributed by atoms with E-state index in [1.165, 1.54) is 6.42 Å². The van der Waals surface area contributed by atoms with E-state index >= 15 is 0 Å². The highest BCUT2D eigenvalue weighted by Crippen LogP contribution is 2.14. The molecule has 0 saturated carbocycles. The normalized spacial score (nSPS) is 30.5. The van der Waals surface area contributed by atoms with Crippen molar-refractivity contribution in [3.63, 3.8) is 0 Å². The summed E-state index contributed by atoms with van der Waals surface area (Å²) in [4.78, 5) is 4.27. The Morgan fingerprint density at radius 2 is 2.21 bits per heavy atom. The monoisotopic (exact) mass is 195 g/mol. The van der Waals surface area contributed by atoms with Gasteiger partial charge in [0.15, 0.2) is 0 Å². The summed E-state index contributed by atoms with van der Waals surface area (Å²) < 4.78 is 0. The quantitative estimate of drug-likeness (QED) is 0.653. The Bertz CT molecular complexity index is 231. The Morgan fingerprint density at radius 1 is 1.50 bits per heavy atom. The van der Waals surface area contributed by atoms with E-state index in [1.54, 1.807) is 0 Å². The van der Waals surface area contributed by atoms with Crippen molar-refractivity contribution < 1.29 is 0 Å². The van der Waals surface area contributed by atoms with Gasteiger partial charge in [0.2, 0.25) is 0 Å². The molecule has 0 radical (unpaired) electrons. The number of nitrogens with one attached hydrogen (secondary N) is 1. The summed E-state index contributed by atoms with van der Waals surface area (Å²) in [7, 11) is 1.83. The zero-order chi connectivity index (χ0) is 10.6. The predicted octanol–water partition coefficient (Wildman–Crippen LogP) is 1.31. The lowest BCUT2D eigenvalue weighted by atomic mass is 9.93. The molecule has 14 heavy (non-hydrogen) atoms. The molecule has 1 fully saturated rings. The zero-order valence-corrected chi connectivity index (χ0v) is 9.38. The van der Waals surface area contributed by atoms with Crippen molar-refractivity contribution in [3.8, 4) is 0 Å². The van der Waals surface area contributed by atoms with Crippen molar-refractivity contribution in [2.75, 3.05) is 13.6 Å². The summed E-state index contributed by atoms with van der Waals surface area (Å²) in [6, 6.07) is 0.398.